The van der Waals surface area contributed by atoms with Gasteiger partial charge in [0.1, 0.15) is 0 Å². The van der Waals surface area contributed by atoms with E-state index >= 15 is 0 Å². The van der Waals surface area contributed by atoms with Gasteiger partial charge in [0.05, 0.1) is 16.4 Å². The summed E-state index contributed by atoms with van der Waals surface area (Å²) in [5.74, 6) is -0.134. The summed E-state index contributed by atoms with van der Waals surface area (Å²) < 4.78 is 0. The summed E-state index contributed by atoms with van der Waals surface area (Å²) in [6.45, 7) is 1.40. The number of hydrogen-bond acceptors (Lipinski definition) is 3. The second-order valence-corrected chi connectivity index (χ2v) is 5.65. The van der Waals surface area contributed by atoms with Crippen molar-refractivity contribution in [3.8, 4) is 0 Å². The molecule has 7 heteroatoms. The van der Waals surface area contributed by atoms with E-state index in [4.69, 9.17) is 34.8 Å². The fraction of sp³-hybridized carbons (Fsp3) is 0.0667. The summed E-state index contributed by atoms with van der Waals surface area (Å²) in [6, 6.07) is 11.9. The lowest BCUT2D eigenvalue weighted by Crippen LogP contribution is -2.34. The highest BCUT2D eigenvalue weighted by Crippen LogP contribution is 2.27. The molecule has 2 rings (SSSR count). The minimum absolute atomic E-state index is 0.115. The highest BCUT2D eigenvalue weighted by molar-refractivity contribution is 6.40. The van der Waals surface area contributed by atoms with E-state index in [0.717, 1.165) is 0 Å². The summed E-state index contributed by atoms with van der Waals surface area (Å²) in [5.41, 5.74) is 6.76. The first kappa shape index (κ1) is 16.6. The molecular weight excluding hydrogens is 345 g/mol. The number of hydrogen-bond donors (Lipinski definition) is 2. The first-order valence-electron chi connectivity index (χ1n) is 6.28. The molecule has 0 unspecified atom stereocenters. The van der Waals surface area contributed by atoms with Crippen molar-refractivity contribution in [2.45, 2.75) is 6.92 Å². The molecule has 0 spiro atoms. The Hall–Kier alpha value is -1.75. The normalized spacial score (nSPS) is 11.2. The Morgan fingerprint density at radius 3 is 2.41 bits per heavy atom. The zero-order valence-corrected chi connectivity index (χ0v) is 13.8. The minimum Gasteiger partial charge on any atom is -0.299 e. The van der Waals surface area contributed by atoms with Crippen LogP contribution in [0.5, 0.6) is 0 Å². The zero-order chi connectivity index (χ0) is 16.1. The van der Waals surface area contributed by atoms with Crippen LogP contribution >= 0.6 is 34.8 Å². The van der Waals surface area contributed by atoms with Crippen LogP contribution in [0.15, 0.2) is 47.5 Å². The van der Waals surface area contributed by atoms with Crippen molar-refractivity contribution < 1.29 is 4.79 Å². The van der Waals surface area contributed by atoms with Gasteiger partial charge in [0, 0.05) is 17.0 Å². The number of benzene rings is 2. The fourth-order valence-corrected chi connectivity index (χ4v) is 2.23. The van der Waals surface area contributed by atoms with Crippen LogP contribution in [0.3, 0.4) is 0 Å². The Kier molecular flexibility index (Phi) is 5.66. The molecule has 2 N–H and O–H groups in total. The molecule has 0 aliphatic heterocycles. The molecule has 22 heavy (non-hydrogen) atoms. The van der Waals surface area contributed by atoms with Crippen LogP contribution in [-0.4, -0.2) is 11.6 Å². The highest BCUT2D eigenvalue weighted by atomic mass is 35.5. The predicted molar refractivity (Wildman–Crippen MR) is 92.4 cm³/mol. The average Bonchev–Trinajstić information content (AvgIpc) is 2.45. The number of nitrogens with one attached hydrogen (secondary N) is 2. The summed E-state index contributed by atoms with van der Waals surface area (Å²) in [4.78, 5) is 15.9. The first-order valence-corrected chi connectivity index (χ1v) is 7.41. The van der Waals surface area contributed by atoms with Gasteiger partial charge in [-0.3, -0.25) is 15.6 Å². The molecule has 0 saturated carbocycles. The number of amidine groups is 1. The van der Waals surface area contributed by atoms with Crippen molar-refractivity contribution >= 4 is 57.8 Å². The molecule has 2 aromatic rings. The van der Waals surface area contributed by atoms with Gasteiger partial charge in [0.15, 0.2) is 11.6 Å². The van der Waals surface area contributed by atoms with E-state index in [-0.39, 0.29) is 11.6 Å². The second-order valence-electron chi connectivity index (χ2n) is 4.37. The molecule has 0 heterocycles. The van der Waals surface area contributed by atoms with Gasteiger partial charge in [-0.05, 0) is 36.4 Å². The van der Waals surface area contributed by atoms with E-state index in [1.54, 1.807) is 42.5 Å². The van der Waals surface area contributed by atoms with Gasteiger partial charge < -0.3 is 0 Å². The van der Waals surface area contributed by atoms with E-state index < -0.39 is 0 Å². The predicted octanol–water partition coefficient (Wildman–Crippen LogP) is 4.88. The van der Waals surface area contributed by atoms with Gasteiger partial charge in [-0.2, -0.15) is 0 Å². The van der Waals surface area contributed by atoms with Crippen LogP contribution in [0.2, 0.25) is 15.1 Å². The molecule has 0 aromatic heterocycles. The number of hydrazine groups is 1. The molecule has 0 saturated heterocycles. The number of rotatable bonds is 4. The number of ketones is 1. The monoisotopic (exact) mass is 355 g/mol. The zero-order valence-electron chi connectivity index (χ0n) is 11.5. The maximum Gasteiger partial charge on any atom is 0.196 e. The molecule has 0 aliphatic rings. The number of nitrogens with zero attached hydrogens (tertiary/aromatic N) is 1. The van der Waals surface area contributed by atoms with Gasteiger partial charge in [0.25, 0.3) is 0 Å². The van der Waals surface area contributed by atoms with Crippen LogP contribution < -0.4 is 10.9 Å². The third-order valence-corrected chi connectivity index (χ3v) is 3.40. The number of carbonyl (C=O) groups is 1. The average molecular weight is 357 g/mol. The quantitative estimate of drug-likeness (QED) is 0.466. The van der Waals surface area contributed by atoms with Gasteiger partial charge in [0.2, 0.25) is 0 Å². The smallest absolute Gasteiger partial charge is 0.196 e. The third kappa shape index (κ3) is 4.63. The maximum absolute atomic E-state index is 11.7. The molecule has 0 amide bonds. The summed E-state index contributed by atoms with van der Waals surface area (Å²) in [5, 5.41) is 1.43. The molecule has 4 nitrogen and oxygen atoms in total. The number of carbonyl (C=O) groups excluding carboxylic acids is 1. The Bertz CT molecular complexity index is 732. The Morgan fingerprint density at radius 2 is 1.77 bits per heavy atom. The van der Waals surface area contributed by atoms with E-state index in [1.807, 2.05) is 0 Å². The van der Waals surface area contributed by atoms with Crippen molar-refractivity contribution in [2.75, 3.05) is 5.43 Å². The molecule has 0 aliphatic carbocycles. The summed E-state index contributed by atoms with van der Waals surface area (Å²) in [6.07, 6.45) is 0. The summed E-state index contributed by atoms with van der Waals surface area (Å²) >= 11 is 17.8. The number of halogens is 3. The van der Waals surface area contributed by atoms with Crippen LogP contribution in [0.4, 0.5) is 11.4 Å². The Balaban J connectivity index is 2.19. The van der Waals surface area contributed by atoms with E-state index in [9.17, 15) is 4.79 Å². The SMILES string of the molecule is CC(=O)C(=Nc1ccc(Cl)cc1Cl)NNc1cccc(Cl)c1. The minimum atomic E-state index is -0.249. The molecule has 0 bridgehead atoms. The largest absolute Gasteiger partial charge is 0.299 e. The molecule has 0 radical (unpaired) electrons. The van der Waals surface area contributed by atoms with E-state index in [1.165, 1.54) is 6.92 Å². The first-order chi connectivity index (χ1) is 10.5. The van der Waals surface area contributed by atoms with Gasteiger partial charge in [-0.15, -0.1) is 0 Å². The van der Waals surface area contributed by atoms with Crippen molar-refractivity contribution in [3.63, 3.8) is 0 Å². The van der Waals surface area contributed by atoms with Crippen LogP contribution in [0, 0.1) is 0 Å². The third-order valence-electron chi connectivity index (χ3n) is 2.63. The Labute approximate surface area is 143 Å². The van der Waals surface area contributed by atoms with Crippen LogP contribution in [-0.2, 0) is 4.79 Å². The van der Waals surface area contributed by atoms with Crippen molar-refractivity contribution in [3.05, 3.63) is 57.5 Å². The van der Waals surface area contributed by atoms with E-state index in [0.29, 0.717) is 26.4 Å². The van der Waals surface area contributed by atoms with Crippen molar-refractivity contribution in [2.24, 2.45) is 4.99 Å². The van der Waals surface area contributed by atoms with Gasteiger partial charge >= 0.3 is 0 Å². The molecular formula is C15H12Cl3N3O. The Morgan fingerprint density at radius 1 is 1.05 bits per heavy atom. The van der Waals surface area contributed by atoms with Crippen LogP contribution in [0.1, 0.15) is 6.92 Å². The molecule has 114 valence electrons. The lowest BCUT2D eigenvalue weighted by molar-refractivity contribution is -0.111. The van der Waals surface area contributed by atoms with Gasteiger partial charge in [-0.25, -0.2) is 4.99 Å². The molecule has 0 fully saturated rings. The number of anilines is 1. The maximum atomic E-state index is 11.7. The molecule has 0 atom stereocenters. The van der Waals surface area contributed by atoms with E-state index in [2.05, 4.69) is 15.8 Å². The van der Waals surface area contributed by atoms with Crippen molar-refractivity contribution in [1.82, 2.24) is 5.43 Å². The summed E-state index contributed by atoms with van der Waals surface area (Å²) in [7, 11) is 0. The van der Waals surface area contributed by atoms with Crippen LogP contribution in [0.25, 0.3) is 0 Å². The molecule has 2 aromatic carbocycles. The standard InChI is InChI=1S/C15H12Cl3N3O/c1-9(22)15(19-14-6-5-11(17)8-13(14)18)21-20-12-4-2-3-10(16)7-12/h2-8,20H,1H3,(H,19,21). The van der Waals surface area contributed by atoms with Gasteiger partial charge in [-0.1, -0.05) is 40.9 Å². The topological polar surface area (TPSA) is 53.5 Å². The fourth-order valence-electron chi connectivity index (χ4n) is 1.58. The number of Topliss-reactive ketones (excluding diaryl/α,β-unsaturated/α-hetero) is 1. The lowest BCUT2D eigenvalue weighted by Gasteiger charge is -2.11. The second kappa shape index (κ2) is 7.49. The van der Waals surface area contributed by atoms with Crippen molar-refractivity contribution in [1.29, 1.82) is 0 Å². The number of aliphatic imine (C=N–C) groups is 1. The highest BCUT2D eigenvalue weighted by Gasteiger charge is 2.08. The lowest BCUT2D eigenvalue weighted by atomic mass is 10.3.